The summed E-state index contributed by atoms with van der Waals surface area (Å²) in [6.07, 6.45) is 4.94. The number of amides is 1. The van der Waals surface area contributed by atoms with Gasteiger partial charge in [0, 0.05) is 24.3 Å². The lowest BCUT2D eigenvalue weighted by Gasteiger charge is -2.26. The van der Waals surface area contributed by atoms with Crippen LogP contribution in [0.15, 0.2) is 18.3 Å². The molecule has 4 heteroatoms. The first-order valence-corrected chi connectivity index (χ1v) is 7.56. The third-order valence-electron chi connectivity index (χ3n) is 3.20. The molecular weight excluding hydrogens is 262 g/mol. The van der Waals surface area contributed by atoms with Crippen LogP contribution in [0.5, 0.6) is 0 Å². The molecule has 1 rings (SSSR count). The molecule has 0 saturated carbocycles. The summed E-state index contributed by atoms with van der Waals surface area (Å²) >= 11 is 0. The van der Waals surface area contributed by atoms with Gasteiger partial charge in [0.05, 0.1) is 6.54 Å². The highest BCUT2D eigenvalue weighted by Gasteiger charge is 2.19. The van der Waals surface area contributed by atoms with Crippen LogP contribution >= 0.6 is 0 Å². The molecule has 0 aliphatic carbocycles. The summed E-state index contributed by atoms with van der Waals surface area (Å²) in [4.78, 5) is 18.6. The van der Waals surface area contributed by atoms with E-state index in [1.54, 1.807) is 12.3 Å². The average molecular weight is 287 g/mol. The van der Waals surface area contributed by atoms with E-state index in [0.717, 1.165) is 31.4 Å². The zero-order valence-corrected chi connectivity index (χ0v) is 13.2. The van der Waals surface area contributed by atoms with Crippen molar-refractivity contribution < 1.29 is 4.79 Å². The highest BCUT2D eigenvalue weighted by molar-refractivity contribution is 5.92. The second kappa shape index (κ2) is 9.15. The summed E-state index contributed by atoms with van der Waals surface area (Å²) in [5, 5.41) is 0. The number of carbonyl (C=O) groups excluding carboxylic acids is 1. The number of hydrogen-bond acceptors (Lipinski definition) is 3. The third kappa shape index (κ3) is 5.57. The first kappa shape index (κ1) is 17.2. The topological polar surface area (TPSA) is 59.2 Å². The fourth-order valence-electron chi connectivity index (χ4n) is 2.02. The summed E-state index contributed by atoms with van der Waals surface area (Å²) in [7, 11) is 0. The molecule has 1 aromatic rings. The maximum absolute atomic E-state index is 12.5. The van der Waals surface area contributed by atoms with Crippen LogP contribution in [0.3, 0.4) is 0 Å². The van der Waals surface area contributed by atoms with Crippen molar-refractivity contribution in [3.8, 4) is 11.8 Å². The molecule has 0 spiro atoms. The Morgan fingerprint density at radius 1 is 1.38 bits per heavy atom. The Labute approximate surface area is 127 Å². The molecule has 21 heavy (non-hydrogen) atoms. The number of aromatic nitrogens is 1. The van der Waals surface area contributed by atoms with Crippen LogP contribution < -0.4 is 5.73 Å². The van der Waals surface area contributed by atoms with E-state index in [0.29, 0.717) is 12.2 Å². The van der Waals surface area contributed by atoms with Crippen molar-refractivity contribution in [2.24, 2.45) is 5.73 Å². The summed E-state index contributed by atoms with van der Waals surface area (Å²) in [5.41, 5.74) is 6.58. The molecule has 0 bridgehead atoms. The summed E-state index contributed by atoms with van der Waals surface area (Å²) in [5.74, 6) is 5.66. The van der Waals surface area contributed by atoms with E-state index >= 15 is 0 Å². The lowest BCUT2D eigenvalue weighted by molar-refractivity contribution is 0.0696. The van der Waals surface area contributed by atoms with Crippen molar-refractivity contribution in [1.82, 2.24) is 9.88 Å². The van der Waals surface area contributed by atoms with Gasteiger partial charge in [0.25, 0.3) is 5.91 Å². The third-order valence-corrected chi connectivity index (χ3v) is 3.20. The van der Waals surface area contributed by atoms with Crippen LogP contribution in [-0.4, -0.2) is 34.9 Å². The molecule has 2 N–H and O–H groups in total. The molecule has 1 aromatic heterocycles. The van der Waals surface area contributed by atoms with Crippen molar-refractivity contribution in [2.45, 2.75) is 46.1 Å². The molecule has 0 unspecified atom stereocenters. The Morgan fingerprint density at radius 2 is 2.14 bits per heavy atom. The molecule has 1 heterocycles. The van der Waals surface area contributed by atoms with Crippen LogP contribution in [0.25, 0.3) is 0 Å². The Bertz CT molecular complexity index is 497. The predicted octanol–water partition coefficient (Wildman–Crippen LogP) is 2.43. The van der Waals surface area contributed by atoms with Crippen molar-refractivity contribution in [3.05, 3.63) is 29.6 Å². The number of nitrogens with zero attached hydrogens (tertiary/aromatic N) is 2. The highest BCUT2D eigenvalue weighted by atomic mass is 16.2. The molecule has 0 saturated heterocycles. The molecule has 0 radical (unpaired) electrons. The molecule has 0 aromatic carbocycles. The van der Waals surface area contributed by atoms with Gasteiger partial charge < -0.3 is 10.6 Å². The summed E-state index contributed by atoms with van der Waals surface area (Å²) < 4.78 is 0. The Balaban J connectivity index is 2.78. The van der Waals surface area contributed by atoms with Gasteiger partial charge in [-0.1, -0.05) is 31.6 Å². The Kier molecular flexibility index (Phi) is 7.49. The number of rotatable bonds is 6. The minimum Gasteiger partial charge on any atom is -0.335 e. The molecule has 114 valence electrons. The van der Waals surface area contributed by atoms with Crippen molar-refractivity contribution in [3.63, 3.8) is 0 Å². The van der Waals surface area contributed by atoms with Crippen LogP contribution in [0.1, 0.15) is 56.1 Å². The maximum Gasteiger partial charge on any atom is 0.272 e. The van der Waals surface area contributed by atoms with E-state index < -0.39 is 0 Å². The lowest BCUT2D eigenvalue weighted by Crippen LogP contribution is -2.38. The minimum atomic E-state index is -0.0144. The second-order valence-corrected chi connectivity index (χ2v) is 5.24. The van der Waals surface area contributed by atoms with Gasteiger partial charge in [-0.3, -0.25) is 4.79 Å². The van der Waals surface area contributed by atoms with Gasteiger partial charge in [0.2, 0.25) is 0 Å². The van der Waals surface area contributed by atoms with Gasteiger partial charge in [0.1, 0.15) is 5.69 Å². The van der Waals surface area contributed by atoms with Gasteiger partial charge in [0.15, 0.2) is 0 Å². The van der Waals surface area contributed by atoms with Crippen molar-refractivity contribution >= 4 is 5.91 Å². The first-order valence-electron chi connectivity index (χ1n) is 7.56. The Morgan fingerprint density at radius 3 is 2.67 bits per heavy atom. The second-order valence-electron chi connectivity index (χ2n) is 5.24. The van der Waals surface area contributed by atoms with E-state index in [1.165, 1.54) is 0 Å². The molecule has 0 aliphatic heterocycles. The van der Waals surface area contributed by atoms with Crippen LogP contribution in [-0.2, 0) is 0 Å². The number of nitrogens with two attached hydrogens (primary N) is 1. The van der Waals surface area contributed by atoms with Gasteiger partial charge >= 0.3 is 0 Å². The fourth-order valence-corrected chi connectivity index (χ4v) is 2.02. The number of hydrogen-bond donors (Lipinski definition) is 1. The van der Waals surface area contributed by atoms with Crippen LogP contribution in [0, 0.1) is 11.8 Å². The SMILES string of the molecule is CCCCCN(C(=O)c1ccc(C#CCN)cn1)C(C)C. The number of unbranched alkanes of at least 4 members (excludes halogenated alkanes) is 2. The Hall–Kier alpha value is -1.86. The highest BCUT2D eigenvalue weighted by Crippen LogP contribution is 2.09. The zero-order chi connectivity index (χ0) is 15.7. The van der Waals surface area contributed by atoms with E-state index in [9.17, 15) is 4.79 Å². The quantitative estimate of drug-likeness (QED) is 0.646. The van der Waals surface area contributed by atoms with Crippen molar-refractivity contribution in [2.75, 3.05) is 13.1 Å². The van der Waals surface area contributed by atoms with Crippen molar-refractivity contribution in [1.29, 1.82) is 0 Å². The normalized spacial score (nSPS) is 10.1. The molecule has 0 atom stereocenters. The van der Waals surface area contributed by atoms with E-state index in [1.807, 2.05) is 24.8 Å². The predicted molar refractivity (Wildman–Crippen MR) is 85.9 cm³/mol. The van der Waals surface area contributed by atoms with Gasteiger partial charge in [-0.2, -0.15) is 0 Å². The van der Waals surface area contributed by atoms with Gasteiger partial charge in [-0.05, 0) is 32.4 Å². The first-order chi connectivity index (χ1) is 10.1. The monoisotopic (exact) mass is 287 g/mol. The minimum absolute atomic E-state index is 0.0144. The molecule has 4 nitrogen and oxygen atoms in total. The smallest absolute Gasteiger partial charge is 0.272 e. The van der Waals surface area contributed by atoms with E-state index in [2.05, 4.69) is 23.7 Å². The molecular formula is C17H25N3O. The summed E-state index contributed by atoms with van der Waals surface area (Å²) in [6.45, 7) is 7.32. The fraction of sp³-hybridized carbons (Fsp3) is 0.529. The molecule has 0 aliphatic rings. The molecule has 0 fully saturated rings. The average Bonchev–Trinajstić information content (AvgIpc) is 2.49. The lowest BCUT2D eigenvalue weighted by atomic mass is 10.2. The van der Waals surface area contributed by atoms with Gasteiger partial charge in [-0.25, -0.2) is 4.98 Å². The summed E-state index contributed by atoms with van der Waals surface area (Å²) in [6, 6.07) is 3.72. The zero-order valence-electron chi connectivity index (χ0n) is 13.2. The van der Waals surface area contributed by atoms with Gasteiger partial charge in [-0.15, -0.1) is 0 Å². The number of carbonyl (C=O) groups is 1. The largest absolute Gasteiger partial charge is 0.335 e. The maximum atomic E-state index is 12.5. The number of pyridine rings is 1. The van der Waals surface area contributed by atoms with E-state index in [4.69, 9.17) is 5.73 Å². The molecule has 1 amide bonds. The van der Waals surface area contributed by atoms with Crippen LogP contribution in [0.2, 0.25) is 0 Å². The van der Waals surface area contributed by atoms with Crippen LogP contribution in [0.4, 0.5) is 0 Å². The standard InChI is InChI=1S/C17H25N3O/c1-4-5-6-12-20(14(2)3)17(21)16-10-9-15(13-19-16)8-7-11-18/h9-10,13-14H,4-6,11-12,18H2,1-3H3. The van der Waals surface area contributed by atoms with E-state index in [-0.39, 0.29) is 11.9 Å².